The number of carbonyl (C=O) groups excluding carboxylic acids is 1. The maximum atomic E-state index is 13.2. The molecule has 10 heteroatoms. The molecule has 4 N–H and O–H groups in total. The van der Waals surface area contributed by atoms with Crippen LogP contribution in [0, 0.1) is 19.8 Å². The zero-order valence-corrected chi connectivity index (χ0v) is 23.9. The number of H-pyrrole nitrogens is 1. The first-order valence-corrected chi connectivity index (χ1v) is 14.9. The molecule has 2 aromatic rings. The van der Waals surface area contributed by atoms with Crippen LogP contribution in [-0.4, -0.2) is 46.2 Å². The number of aliphatic hydroxyl groups is 1. The maximum Gasteiger partial charge on any atom is 0.254 e. The van der Waals surface area contributed by atoms with Crippen LogP contribution in [0.2, 0.25) is 5.02 Å². The number of thioether (sulfide) groups is 1. The van der Waals surface area contributed by atoms with Gasteiger partial charge in [0.25, 0.3) is 17.3 Å². The van der Waals surface area contributed by atoms with Gasteiger partial charge in [0.15, 0.2) is 11.5 Å². The number of hydrogen-bond donors (Lipinski definition) is 4. The molecule has 2 fully saturated rings. The lowest BCUT2D eigenvalue weighted by atomic mass is 9.80. The SMILES string of the molecule is CSc1cc(C)[nH]c(=O)c1CNC(=O)c1cc(Cl)c2c(c1C)OC(C)(C1CCC(N[C@H]3C[C@H](O)C3)CC1)O2. The van der Waals surface area contributed by atoms with E-state index in [9.17, 15) is 14.7 Å². The van der Waals surface area contributed by atoms with E-state index in [4.69, 9.17) is 21.1 Å². The molecule has 1 aromatic carbocycles. The summed E-state index contributed by atoms with van der Waals surface area (Å²) in [4.78, 5) is 29.3. The van der Waals surface area contributed by atoms with Gasteiger partial charge in [-0.2, -0.15) is 0 Å². The zero-order chi connectivity index (χ0) is 27.2. The van der Waals surface area contributed by atoms with Crippen molar-refractivity contribution < 1.29 is 19.4 Å². The van der Waals surface area contributed by atoms with Crippen molar-refractivity contribution in [3.63, 3.8) is 0 Å². The Kier molecular flexibility index (Phi) is 7.75. The molecule has 1 atom stereocenters. The van der Waals surface area contributed by atoms with Gasteiger partial charge in [0, 0.05) is 58.7 Å². The number of carbonyl (C=O) groups is 1. The quantitative estimate of drug-likeness (QED) is 0.369. The summed E-state index contributed by atoms with van der Waals surface area (Å²) >= 11 is 8.08. The molecule has 1 unspecified atom stereocenters. The number of pyridine rings is 1. The van der Waals surface area contributed by atoms with Crippen LogP contribution in [0.3, 0.4) is 0 Å². The number of aromatic nitrogens is 1. The summed E-state index contributed by atoms with van der Waals surface area (Å²) in [7, 11) is 0. The first-order chi connectivity index (χ1) is 18.1. The molecule has 1 amide bonds. The average Bonchev–Trinajstić information content (AvgIpc) is 3.24. The van der Waals surface area contributed by atoms with Gasteiger partial charge >= 0.3 is 0 Å². The maximum absolute atomic E-state index is 13.2. The number of aryl methyl sites for hydroxylation is 1. The Labute approximate surface area is 232 Å². The lowest BCUT2D eigenvalue weighted by Gasteiger charge is -2.40. The number of rotatable bonds is 7. The lowest BCUT2D eigenvalue weighted by molar-refractivity contribution is -0.121. The summed E-state index contributed by atoms with van der Waals surface area (Å²) in [5.74, 6) is -0.0141. The second-order valence-electron chi connectivity index (χ2n) is 11.0. The van der Waals surface area contributed by atoms with E-state index in [0.29, 0.717) is 45.3 Å². The van der Waals surface area contributed by atoms with Gasteiger partial charge in [0.2, 0.25) is 0 Å². The Morgan fingerprint density at radius 3 is 2.50 bits per heavy atom. The first kappa shape index (κ1) is 27.4. The molecular weight excluding hydrogens is 526 g/mol. The summed E-state index contributed by atoms with van der Waals surface area (Å²) in [5.41, 5.74) is 2.14. The summed E-state index contributed by atoms with van der Waals surface area (Å²) in [6, 6.07) is 4.39. The molecule has 0 radical (unpaired) electrons. The van der Waals surface area contributed by atoms with Gasteiger partial charge in [-0.15, -0.1) is 11.8 Å². The van der Waals surface area contributed by atoms with Crippen LogP contribution in [0.4, 0.5) is 0 Å². The monoisotopic (exact) mass is 561 g/mol. The molecule has 2 aliphatic carbocycles. The highest BCUT2D eigenvalue weighted by atomic mass is 35.5. The Morgan fingerprint density at radius 2 is 1.84 bits per heavy atom. The minimum atomic E-state index is -0.855. The minimum Gasteiger partial charge on any atom is -0.448 e. The van der Waals surface area contributed by atoms with Crippen molar-refractivity contribution in [2.45, 2.75) is 94.7 Å². The average molecular weight is 562 g/mol. The van der Waals surface area contributed by atoms with Crippen molar-refractivity contribution in [3.8, 4) is 11.5 Å². The van der Waals surface area contributed by atoms with E-state index < -0.39 is 5.79 Å². The third kappa shape index (κ3) is 5.30. The molecule has 1 aliphatic heterocycles. The van der Waals surface area contributed by atoms with Gasteiger partial charge in [-0.3, -0.25) is 9.59 Å². The van der Waals surface area contributed by atoms with Crippen LogP contribution in [0.15, 0.2) is 21.8 Å². The number of benzene rings is 1. The normalized spacial score (nSPS) is 28.2. The molecule has 1 aromatic heterocycles. The standard InChI is InChI=1S/C28H36ClN3O5S/c1-14-9-23(38-4)21(27(35)31-14)13-30-26(34)20-12-22(29)25-24(15(20)2)36-28(3,37-25)16-5-7-17(8-6-16)32-18-10-19(33)11-18/h9,12,16-19,32-33H,5-8,10-11,13H2,1-4H3,(H,30,34)(H,31,35)/t16?,17?,18-,19-,28?. The Bertz CT molecular complexity index is 1290. The second-order valence-corrected chi connectivity index (χ2v) is 12.2. The van der Waals surface area contributed by atoms with Crippen LogP contribution in [0.25, 0.3) is 0 Å². The van der Waals surface area contributed by atoms with Crippen molar-refractivity contribution in [2.24, 2.45) is 5.92 Å². The van der Waals surface area contributed by atoms with Gasteiger partial charge in [-0.05, 0) is 70.8 Å². The number of fused-ring (bicyclic) bond motifs is 1. The number of halogens is 1. The summed E-state index contributed by atoms with van der Waals surface area (Å²) < 4.78 is 12.8. The number of hydrogen-bond acceptors (Lipinski definition) is 7. The van der Waals surface area contributed by atoms with Gasteiger partial charge in [0.1, 0.15) is 0 Å². The third-order valence-electron chi connectivity index (χ3n) is 8.22. The fourth-order valence-corrected chi connectivity index (χ4v) is 6.83. The van der Waals surface area contributed by atoms with Gasteiger partial charge in [0.05, 0.1) is 11.1 Å². The summed E-state index contributed by atoms with van der Waals surface area (Å²) in [5, 5.41) is 16.4. The topological polar surface area (TPSA) is 113 Å². The van der Waals surface area contributed by atoms with Crippen molar-refractivity contribution in [1.82, 2.24) is 15.6 Å². The molecule has 5 rings (SSSR count). The van der Waals surface area contributed by atoms with Crippen LogP contribution in [0.5, 0.6) is 11.5 Å². The van der Waals surface area contributed by atoms with Gasteiger partial charge in [-0.25, -0.2) is 0 Å². The van der Waals surface area contributed by atoms with Gasteiger partial charge < -0.3 is 30.2 Å². The zero-order valence-electron chi connectivity index (χ0n) is 22.3. The Balaban J connectivity index is 1.26. The minimum absolute atomic E-state index is 0.102. The predicted octanol–water partition coefficient (Wildman–Crippen LogP) is 4.46. The fourth-order valence-electron chi connectivity index (χ4n) is 5.89. The molecular formula is C28H36ClN3O5S. The number of nitrogens with one attached hydrogen (secondary N) is 3. The van der Waals surface area contributed by atoms with E-state index in [-0.39, 0.29) is 30.0 Å². The third-order valence-corrected chi connectivity index (χ3v) is 9.31. The Morgan fingerprint density at radius 1 is 1.16 bits per heavy atom. The second kappa shape index (κ2) is 10.8. The molecule has 2 heterocycles. The largest absolute Gasteiger partial charge is 0.448 e. The molecule has 206 valence electrons. The number of amides is 1. The van der Waals surface area contributed by atoms with Crippen LogP contribution in [-0.2, 0) is 6.54 Å². The van der Waals surface area contributed by atoms with E-state index >= 15 is 0 Å². The van der Waals surface area contributed by atoms with E-state index in [0.717, 1.165) is 49.1 Å². The molecule has 0 bridgehead atoms. The van der Waals surface area contributed by atoms with E-state index in [2.05, 4.69) is 15.6 Å². The highest BCUT2D eigenvalue weighted by Gasteiger charge is 2.47. The van der Waals surface area contributed by atoms with Crippen molar-refractivity contribution in [3.05, 3.63) is 49.9 Å². The molecule has 3 aliphatic rings. The van der Waals surface area contributed by atoms with Crippen molar-refractivity contribution >= 4 is 29.3 Å². The number of aliphatic hydroxyl groups excluding tert-OH is 1. The van der Waals surface area contributed by atoms with E-state index in [1.165, 1.54) is 11.8 Å². The highest BCUT2D eigenvalue weighted by Crippen LogP contribution is 2.51. The molecule has 0 spiro atoms. The van der Waals surface area contributed by atoms with E-state index in [1.807, 2.05) is 33.1 Å². The number of aromatic amines is 1. The van der Waals surface area contributed by atoms with Crippen LogP contribution < -0.4 is 25.7 Å². The fraction of sp³-hybridized carbons (Fsp3) is 0.571. The van der Waals surface area contributed by atoms with E-state index in [1.54, 1.807) is 6.07 Å². The molecule has 2 saturated carbocycles. The predicted molar refractivity (Wildman–Crippen MR) is 149 cm³/mol. The highest BCUT2D eigenvalue weighted by molar-refractivity contribution is 7.98. The molecule has 8 nitrogen and oxygen atoms in total. The molecule has 0 saturated heterocycles. The van der Waals surface area contributed by atoms with Crippen molar-refractivity contribution in [1.29, 1.82) is 0 Å². The van der Waals surface area contributed by atoms with Gasteiger partial charge in [-0.1, -0.05) is 11.6 Å². The smallest absolute Gasteiger partial charge is 0.254 e. The Hall–Kier alpha value is -2.20. The number of ether oxygens (including phenoxy) is 2. The molecule has 38 heavy (non-hydrogen) atoms. The van der Waals surface area contributed by atoms with Crippen LogP contribution in [0.1, 0.15) is 72.6 Å². The summed E-state index contributed by atoms with van der Waals surface area (Å²) in [6.07, 6.45) is 7.37. The first-order valence-electron chi connectivity index (χ1n) is 13.3. The van der Waals surface area contributed by atoms with Crippen LogP contribution >= 0.6 is 23.4 Å². The lowest BCUT2D eigenvalue weighted by Crippen LogP contribution is -2.51. The summed E-state index contributed by atoms with van der Waals surface area (Å²) in [6.45, 7) is 5.72. The van der Waals surface area contributed by atoms with Crippen molar-refractivity contribution in [2.75, 3.05) is 6.26 Å².